The Morgan fingerprint density at radius 1 is 1.16 bits per heavy atom. The van der Waals surface area contributed by atoms with Crippen LogP contribution in [-0.2, 0) is 4.74 Å². The summed E-state index contributed by atoms with van der Waals surface area (Å²) in [7, 11) is 2.11. The first-order valence-corrected chi connectivity index (χ1v) is 11.1. The Morgan fingerprint density at radius 2 is 1.90 bits per heavy atom. The number of benzene rings is 1. The predicted molar refractivity (Wildman–Crippen MR) is 122 cm³/mol. The van der Waals surface area contributed by atoms with Gasteiger partial charge in [0.1, 0.15) is 17.0 Å². The van der Waals surface area contributed by atoms with Crippen molar-refractivity contribution >= 4 is 44.9 Å². The van der Waals surface area contributed by atoms with Crippen molar-refractivity contribution in [3.63, 3.8) is 0 Å². The van der Waals surface area contributed by atoms with Crippen LogP contribution in [0.1, 0.15) is 32.5 Å². The smallest absolute Gasteiger partial charge is 0.340 e. The molecule has 1 N–H and O–H groups in total. The standard InChI is InChI=1S/C22H25N5O3S/c1-4-30-22(29)15-7-5-6-8-16(15)25-20(28)18-14(2)17-19(23-13-24-21(17)31-18)27-11-9-26(3)10-12-27/h5-8,13H,4,9-12H2,1-3H3,(H,25,28). The Kier molecular flexibility index (Phi) is 6.15. The molecular weight excluding hydrogens is 414 g/mol. The van der Waals surface area contributed by atoms with Gasteiger partial charge in [-0.1, -0.05) is 12.1 Å². The van der Waals surface area contributed by atoms with Crippen molar-refractivity contribution < 1.29 is 14.3 Å². The summed E-state index contributed by atoms with van der Waals surface area (Å²) in [5.74, 6) is 0.133. The van der Waals surface area contributed by atoms with E-state index in [0.717, 1.165) is 47.8 Å². The molecule has 0 aliphatic carbocycles. The number of hydrogen-bond acceptors (Lipinski definition) is 8. The zero-order valence-electron chi connectivity index (χ0n) is 17.8. The first-order valence-electron chi connectivity index (χ1n) is 10.2. The van der Waals surface area contributed by atoms with Crippen LogP contribution in [0.4, 0.5) is 11.5 Å². The summed E-state index contributed by atoms with van der Waals surface area (Å²) in [5, 5.41) is 3.79. The number of thiophene rings is 1. The number of nitrogens with one attached hydrogen (secondary N) is 1. The van der Waals surface area contributed by atoms with Gasteiger partial charge in [0, 0.05) is 26.2 Å². The van der Waals surface area contributed by atoms with E-state index >= 15 is 0 Å². The molecule has 1 amide bonds. The van der Waals surface area contributed by atoms with Crippen LogP contribution in [0, 0.1) is 6.92 Å². The molecule has 0 spiro atoms. The number of nitrogens with zero attached hydrogens (tertiary/aromatic N) is 4. The van der Waals surface area contributed by atoms with E-state index in [-0.39, 0.29) is 12.5 Å². The fourth-order valence-electron chi connectivity index (χ4n) is 3.69. The summed E-state index contributed by atoms with van der Waals surface area (Å²) in [4.78, 5) is 40.2. The molecule has 0 saturated carbocycles. The Morgan fingerprint density at radius 3 is 2.65 bits per heavy atom. The second-order valence-electron chi connectivity index (χ2n) is 7.44. The van der Waals surface area contributed by atoms with E-state index in [1.807, 2.05) is 6.92 Å². The van der Waals surface area contributed by atoms with Crippen LogP contribution in [0.2, 0.25) is 0 Å². The van der Waals surface area contributed by atoms with E-state index in [9.17, 15) is 9.59 Å². The highest BCUT2D eigenvalue weighted by Crippen LogP contribution is 2.35. The van der Waals surface area contributed by atoms with Crippen molar-refractivity contribution in [2.75, 3.05) is 50.1 Å². The number of aryl methyl sites for hydroxylation is 1. The second-order valence-corrected chi connectivity index (χ2v) is 8.44. The molecule has 1 aliphatic heterocycles. The largest absolute Gasteiger partial charge is 0.462 e. The maximum Gasteiger partial charge on any atom is 0.340 e. The topological polar surface area (TPSA) is 87.7 Å². The van der Waals surface area contributed by atoms with Crippen molar-refractivity contribution in [1.82, 2.24) is 14.9 Å². The van der Waals surface area contributed by atoms with Crippen LogP contribution in [0.15, 0.2) is 30.6 Å². The van der Waals surface area contributed by atoms with E-state index in [4.69, 9.17) is 4.74 Å². The number of carbonyl (C=O) groups is 2. The van der Waals surface area contributed by atoms with Crippen molar-refractivity contribution in [2.24, 2.45) is 0 Å². The molecule has 1 fully saturated rings. The Hall–Kier alpha value is -3.04. The SMILES string of the molecule is CCOC(=O)c1ccccc1NC(=O)c1sc2ncnc(N3CCN(C)CC3)c2c1C. The molecule has 2 aromatic heterocycles. The van der Waals surface area contributed by atoms with Gasteiger partial charge in [0.05, 0.1) is 28.1 Å². The molecule has 3 heterocycles. The third kappa shape index (κ3) is 4.24. The van der Waals surface area contributed by atoms with Gasteiger partial charge in [-0.25, -0.2) is 14.8 Å². The molecule has 1 aromatic carbocycles. The Bertz CT molecular complexity index is 1120. The maximum atomic E-state index is 13.1. The maximum absolute atomic E-state index is 13.1. The third-order valence-electron chi connectivity index (χ3n) is 5.39. The van der Waals surface area contributed by atoms with Crippen LogP contribution >= 0.6 is 11.3 Å². The minimum atomic E-state index is -0.463. The summed E-state index contributed by atoms with van der Waals surface area (Å²) in [6, 6.07) is 6.85. The van der Waals surface area contributed by atoms with E-state index in [2.05, 4.69) is 32.1 Å². The number of likely N-dealkylation sites (N-methyl/N-ethyl adjacent to an activating group) is 1. The van der Waals surface area contributed by atoms with E-state index in [0.29, 0.717) is 16.1 Å². The molecule has 0 bridgehead atoms. The van der Waals surface area contributed by atoms with Gasteiger partial charge in [-0.2, -0.15) is 0 Å². The lowest BCUT2D eigenvalue weighted by Crippen LogP contribution is -2.44. The molecule has 31 heavy (non-hydrogen) atoms. The van der Waals surface area contributed by atoms with Gasteiger partial charge in [0.2, 0.25) is 0 Å². The van der Waals surface area contributed by atoms with Crippen LogP contribution in [0.25, 0.3) is 10.2 Å². The fourth-order valence-corrected chi connectivity index (χ4v) is 4.72. The molecule has 8 nitrogen and oxygen atoms in total. The number of aromatic nitrogens is 2. The number of carbonyl (C=O) groups excluding carboxylic acids is 2. The average Bonchev–Trinajstić information content (AvgIpc) is 3.12. The lowest BCUT2D eigenvalue weighted by Gasteiger charge is -2.33. The van der Waals surface area contributed by atoms with Crippen molar-refractivity contribution in [3.05, 3.63) is 46.6 Å². The number of amides is 1. The number of rotatable bonds is 5. The highest BCUT2D eigenvalue weighted by molar-refractivity contribution is 7.20. The lowest BCUT2D eigenvalue weighted by molar-refractivity contribution is 0.0527. The lowest BCUT2D eigenvalue weighted by atomic mass is 10.1. The number of anilines is 2. The number of fused-ring (bicyclic) bond motifs is 1. The molecule has 1 aliphatic rings. The van der Waals surface area contributed by atoms with Crippen LogP contribution in [-0.4, -0.2) is 66.6 Å². The van der Waals surface area contributed by atoms with Crippen LogP contribution in [0.5, 0.6) is 0 Å². The monoisotopic (exact) mass is 439 g/mol. The normalized spacial score (nSPS) is 14.6. The first-order chi connectivity index (χ1) is 15.0. The molecule has 1 saturated heterocycles. The second kappa shape index (κ2) is 8.99. The van der Waals surface area contributed by atoms with Crippen LogP contribution in [0.3, 0.4) is 0 Å². The molecular formula is C22H25N5O3S. The van der Waals surface area contributed by atoms with Gasteiger partial charge in [0.25, 0.3) is 5.91 Å². The summed E-state index contributed by atoms with van der Waals surface area (Å²) < 4.78 is 5.10. The van der Waals surface area contributed by atoms with E-state index in [1.54, 1.807) is 37.5 Å². The summed E-state index contributed by atoms with van der Waals surface area (Å²) >= 11 is 1.34. The average molecular weight is 440 g/mol. The van der Waals surface area contributed by atoms with Gasteiger partial charge in [-0.15, -0.1) is 11.3 Å². The Balaban J connectivity index is 1.65. The molecule has 4 rings (SSSR count). The number of piperazine rings is 1. The van der Waals surface area contributed by atoms with Gasteiger partial charge < -0.3 is 19.9 Å². The Labute approximate surface area is 184 Å². The zero-order valence-corrected chi connectivity index (χ0v) is 18.7. The third-order valence-corrected chi connectivity index (χ3v) is 6.59. The number of hydrogen-bond donors (Lipinski definition) is 1. The molecule has 9 heteroatoms. The number of esters is 1. The van der Waals surface area contributed by atoms with Gasteiger partial charge in [0.15, 0.2) is 0 Å². The molecule has 0 atom stereocenters. The number of para-hydroxylation sites is 1. The molecule has 162 valence electrons. The van der Waals surface area contributed by atoms with E-state index < -0.39 is 5.97 Å². The van der Waals surface area contributed by atoms with Gasteiger partial charge in [-0.3, -0.25) is 4.79 Å². The van der Waals surface area contributed by atoms with E-state index in [1.165, 1.54) is 11.3 Å². The minimum Gasteiger partial charge on any atom is -0.462 e. The molecule has 3 aromatic rings. The highest BCUT2D eigenvalue weighted by Gasteiger charge is 2.24. The van der Waals surface area contributed by atoms with Crippen molar-refractivity contribution in [3.8, 4) is 0 Å². The highest BCUT2D eigenvalue weighted by atomic mass is 32.1. The van der Waals surface area contributed by atoms with Crippen molar-refractivity contribution in [2.45, 2.75) is 13.8 Å². The van der Waals surface area contributed by atoms with Gasteiger partial charge >= 0.3 is 5.97 Å². The van der Waals surface area contributed by atoms with Crippen LogP contribution < -0.4 is 10.2 Å². The zero-order chi connectivity index (χ0) is 22.0. The van der Waals surface area contributed by atoms with Crippen molar-refractivity contribution in [1.29, 1.82) is 0 Å². The summed E-state index contributed by atoms with van der Waals surface area (Å²) in [6.45, 7) is 7.63. The summed E-state index contributed by atoms with van der Waals surface area (Å²) in [6.07, 6.45) is 1.56. The van der Waals surface area contributed by atoms with Gasteiger partial charge in [-0.05, 0) is 38.6 Å². The molecule has 0 radical (unpaired) electrons. The number of ether oxygens (including phenoxy) is 1. The summed E-state index contributed by atoms with van der Waals surface area (Å²) in [5.41, 5.74) is 1.60. The predicted octanol–water partition coefficient (Wildman–Crippen LogP) is 3.18. The quantitative estimate of drug-likeness (QED) is 0.611. The molecule has 0 unspecified atom stereocenters. The fraction of sp³-hybridized carbons (Fsp3) is 0.364. The first kappa shape index (κ1) is 21.2. The minimum absolute atomic E-state index is 0.268.